The van der Waals surface area contributed by atoms with Crippen LogP contribution in [0.15, 0.2) is 54.6 Å². The van der Waals surface area contributed by atoms with Crippen LogP contribution in [-0.2, 0) is 19.5 Å². The van der Waals surface area contributed by atoms with Crippen molar-refractivity contribution in [3.63, 3.8) is 0 Å². The van der Waals surface area contributed by atoms with E-state index < -0.39 is 0 Å². The summed E-state index contributed by atoms with van der Waals surface area (Å²) in [6, 6.07) is 16.3. The second-order valence-electron chi connectivity index (χ2n) is 4.42. The predicted molar refractivity (Wildman–Crippen MR) is 93.9 cm³/mol. The van der Waals surface area contributed by atoms with Gasteiger partial charge in [-0.15, -0.1) is 0 Å². The number of hydrogen-bond acceptors (Lipinski definition) is 0. The van der Waals surface area contributed by atoms with Gasteiger partial charge < -0.3 is 0 Å². The molecule has 110 valence electrons. The molecular weight excluding hydrogens is 407 g/mol. The molecule has 1 atom stereocenters. The van der Waals surface area contributed by atoms with E-state index >= 15 is 0 Å². The average Bonchev–Trinajstić information content (AvgIpc) is 2.48. The molecule has 0 N–H and O–H groups in total. The third-order valence-electron chi connectivity index (χ3n) is 3.09. The van der Waals surface area contributed by atoms with E-state index in [1.165, 1.54) is 10.9 Å². The van der Waals surface area contributed by atoms with Crippen molar-refractivity contribution in [1.29, 1.82) is 0 Å². The summed E-state index contributed by atoms with van der Waals surface area (Å²) in [6.07, 6.45) is 6.54. The molecule has 0 spiro atoms. The van der Waals surface area contributed by atoms with Gasteiger partial charge in [0.1, 0.15) is 0 Å². The minimum absolute atomic E-state index is 0. The van der Waals surface area contributed by atoms with Gasteiger partial charge in [0.15, 0.2) is 0 Å². The number of allylic oxidation sites excluding steroid dienone is 1. The van der Waals surface area contributed by atoms with E-state index in [0.29, 0.717) is 5.02 Å². The van der Waals surface area contributed by atoms with Gasteiger partial charge in [-0.3, -0.25) is 0 Å². The summed E-state index contributed by atoms with van der Waals surface area (Å²) in [5.74, 6) is 0. The van der Waals surface area contributed by atoms with Gasteiger partial charge in [-0.05, 0) is 29.3 Å². The number of rotatable bonds is 5. The molecule has 2 rings (SSSR count). The van der Waals surface area contributed by atoms with Crippen molar-refractivity contribution < 1.29 is 19.5 Å². The Labute approximate surface area is 151 Å². The monoisotopic (exact) mass is 424 g/mol. The van der Waals surface area contributed by atoms with Crippen LogP contribution in [0, 0.1) is 0 Å². The maximum Gasteiger partial charge on any atom is 2.00 e. The van der Waals surface area contributed by atoms with Gasteiger partial charge in [-0.2, -0.15) is 0 Å². The van der Waals surface area contributed by atoms with Gasteiger partial charge in [-0.1, -0.05) is 92.7 Å². The van der Waals surface area contributed by atoms with E-state index in [2.05, 4.69) is 49.4 Å². The van der Waals surface area contributed by atoms with Gasteiger partial charge in [0, 0.05) is 0 Å². The van der Waals surface area contributed by atoms with Crippen LogP contribution < -0.4 is 5.30 Å². The molecule has 2 aromatic carbocycles. The summed E-state index contributed by atoms with van der Waals surface area (Å²) in [5, 5.41) is 2.57. The van der Waals surface area contributed by atoms with Crippen LogP contribution >= 0.6 is 31.1 Å². The Bertz CT molecular complexity index is 585. The fourth-order valence-electron chi connectivity index (χ4n) is 2.01. The summed E-state index contributed by atoms with van der Waals surface area (Å²) in [5.41, 5.74) is 1.23. The van der Waals surface area contributed by atoms with Crippen LogP contribution in [0.5, 0.6) is 0 Å². The molecule has 0 aromatic heterocycles. The second-order valence-corrected chi connectivity index (χ2v) is 7.77. The van der Waals surface area contributed by atoms with Crippen LogP contribution in [0.3, 0.4) is 0 Å². The van der Waals surface area contributed by atoms with Gasteiger partial charge >= 0.3 is 19.5 Å². The fraction of sp³-hybridized carbons (Fsp3) is 0.176. The zero-order valence-electron chi connectivity index (χ0n) is 11.7. The SMILES string of the molecule is CCP(CC=Cc1ccccc1)c1cccc(Cl)c1Cl.[Ru+2]. The van der Waals surface area contributed by atoms with Crippen LogP contribution in [-0.4, -0.2) is 12.3 Å². The van der Waals surface area contributed by atoms with Crippen LogP contribution in [0.2, 0.25) is 10.0 Å². The molecule has 0 bridgehead atoms. The summed E-state index contributed by atoms with van der Waals surface area (Å²) in [7, 11) is -0.290. The van der Waals surface area contributed by atoms with Crippen molar-refractivity contribution in [3.05, 3.63) is 70.2 Å². The Morgan fingerprint density at radius 3 is 2.38 bits per heavy atom. The van der Waals surface area contributed by atoms with Crippen molar-refractivity contribution in [2.75, 3.05) is 12.3 Å². The molecule has 0 amide bonds. The normalized spacial score (nSPS) is 12.1. The summed E-state index contributed by atoms with van der Waals surface area (Å²) >= 11 is 12.4. The first-order valence-electron chi connectivity index (χ1n) is 6.63. The van der Waals surface area contributed by atoms with Crippen LogP contribution in [0.1, 0.15) is 12.5 Å². The van der Waals surface area contributed by atoms with Crippen molar-refractivity contribution in [3.8, 4) is 0 Å². The Balaban J connectivity index is 0.00000220. The summed E-state index contributed by atoms with van der Waals surface area (Å²) in [6.45, 7) is 2.21. The van der Waals surface area contributed by atoms with Crippen LogP contribution in [0.25, 0.3) is 6.08 Å². The number of halogens is 2. The third-order valence-corrected chi connectivity index (χ3v) is 6.51. The maximum absolute atomic E-state index is 6.32. The summed E-state index contributed by atoms with van der Waals surface area (Å²) < 4.78 is 0. The third kappa shape index (κ3) is 5.50. The summed E-state index contributed by atoms with van der Waals surface area (Å²) in [4.78, 5) is 0. The molecule has 1 unspecified atom stereocenters. The molecular formula is C17H17Cl2PRu+2. The average molecular weight is 424 g/mol. The molecule has 0 fully saturated rings. The van der Waals surface area contributed by atoms with Crippen molar-refractivity contribution in [2.24, 2.45) is 0 Å². The predicted octanol–water partition coefficient (Wildman–Crippen LogP) is 5.83. The molecule has 0 aliphatic carbocycles. The van der Waals surface area contributed by atoms with Crippen LogP contribution in [0.4, 0.5) is 0 Å². The van der Waals surface area contributed by atoms with Crippen molar-refractivity contribution in [2.45, 2.75) is 6.92 Å². The van der Waals surface area contributed by atoms with Gasteiger partial charge in [-0.25, -0.2) is 0 Å². The first-order valence-corrected chi connectivity index (χ1v) is 9.09. The minimum atomic E-state index is -0.290. The Morgan fingerprint density at radius 2 is 1.71 bits per heavy atom. The molecule has 21 heavy (non-hydrogen) atoms. The topological polar surface area (TPSA) is 0 Å². The Morgan fingerprint density at radius 1 is 1.00 bits per heavy atom. The maximum atomic E-state index is 6.32. The molecule has 0 saturated heterocycles. The van der Waals surface area contributed by atoms with E-state index in [-0.39, 0.29) is 27.4 Å². The number of benzene rings is 2. The van der Waals surface area contributed by atoms with E-state index in [4.69, 9.17) is 23.2 Å². The molecule has 0 aliphatic heterocycles. The number of hydrogen-bond donors (Lipinski definition) is 0. The first-order chi connectivity index (χ1) is 9.72. The zero-order valence-corrected chi connectivity index (χ0v) is 15.9. The molecule has 4 heteroatoms. The van der Waals surface area contributed by atoms with E-state index in [1.807, 2.05) is 18.2 Å². The molecule has 0 aliphatic rings. The molecule has 0 saturated carbocycles. The molecule has 0 radical (unpaired) electrons. The smallest absolute Gasteiger partial charge is 0.0827 e. The Kier molecular flexibility index (Phi) is 8.76. The second kappa shape index (κ2) is 9.75. The first kappa shape index (κ1) is 18.9. The van der Waals surface area contributed by atoms with Gasteiger partial charge in [0.2, 0.25) is 0 Å². The molecule has 0 nitrogen and oxygen atoms in total. The quantitative estimate of drug-likeness (QED) is 0.419. The zero-order chi connectivity index (χ0) is 14.4. The van der Waals surface area contributed by atoms with Crippen molar-refractivity contribution in [1.82, 2.24) is 0 Å². The molecule has 2 aromatic rings. The largest absolute Gasteiger partial charge is 2.00 e. The van der Waals surface area contributed by atoms with Gasteiger partial charge in [0.25, 0.3) is 0 Å². The minimum Gasteiger partial charge on any atom is -0.0827 e. The van der Waals surface area contributed by atoms with Crippen molar-refractivity contribution >= 4 is 42.5 Å². The van der Waals surface area contributed by atoms with Gasteiger partial charge in [0.05, 0.1) is 10.0 Å². The van der Waals surface area contributed by atoms with E-state index in [1.54, 1.807) is 0 Å². The fourth-order valence-corrected chi connectivity index (χ4v) is 4.59. The standard InChI is InChI=1S/C17H17Cl2P.Ru/c1-2-20(16-12-6-11-15(18)17(16)19)13-7-10-14-8-4-3-5-9-14;/h3-12H,2,13H2,1H3;/q;+2. The van der Waals surface area contributed by atoms with E-state index in [0.717, 1.165) is 17.3 Å². The van der Waals surface area contributed by atoms with E-state index in [9.17, 15) is 0 Å². The molecule has 0 heterocycles. The Hall–Kier alpha value is -0.187.